The van der Waals surface area contributed by atoms with Crippen LogP contribution in [0.1, 0.15) is 39.2 Å². The third-order valence-electron chi connectivity index (χ3n) is 4.90. The molecule has 2 atom stereocenters. The summed E-state index contributed by atoms with van der Waals surface area (Å²) in [5, 5.41) is 0. The van der Waals surface area contributed by atoms with Gasteiger partial charge in [0.05, 0.1) is 12.6 Å². The molecule has 0 radical (unpaired) electrons. The molecule has 1 saturated heterocycles. The molecule has 2 rings (SSSR count). The van der Waals surface area contributed by atoms with E-state index in [1.165, 1.54) is 18.4 Å². The Kier molecular flexibility index (Phi) is 4.71. The van der Waals surface area contributed by atoms with Gasteiger partial charge in [0.15, 0.2) is 0 Å². The Labute approximate surface area is 123 Å². The zero-order chi connectivity index (χ0) is 14.8. The molecule has 112 valence electrons. The van der Waals surface area contributed by atoms with Crippen LogP contribution < -0.4 is 10.5 Å². The van der Waals surface area contributed by atoms with Crippen LogP contribution in [0.25, 0.3) is 0 Å². The lowest BCUT2D eigenvalue weighted by molar-refractivity contribution is 0.122. The van der Waals surface area contributed by atoms with Crippen molar-refractivity contribution < 1.29 is 4.74 Å². The Balaban J connectivity index is 2.36. The summed E-state index contributed by atoms with van der Waals surface area (Å²) in [6, 6.07) is 8.57. The van der Waals surface area contributed by atoms with E-state index in [1.54, 1.807) is 7.11 Å². The fourth-order valence-electron chi connectivity index (χ4n) is 3.38. The minimum Gasteiger partial charge on any atom is -0.497 e. The van der Waals surface area contributed by atoms with Gasteiger partial charge in [0.1, 0.15) is 5.75 Å². The summed E-state index contributed by atoms with van der Waals surface area (Å²) < 4.78 is 5.37. The van der Waals surface area contributed by atoms with Crippen molar-refractivity contribution in [3.63, 3.8) is 0 Å². The number of hydrogen-bond donors (Lipinski definition) is 1. The monoisotopic (exact) mass is 276 g/mol. The van der Waals surface area contributed by atoms with Gasteiger partial charge in [-0.3, -0.25) is 4.90 Å². The van der Waals surface area contributed by atoms with Gasteiger partial charge in [-0.05, 0) is 56.5 Å². The van der Waals surface area contributed by atoms with Crippen molar-refractivity contribution in [1.29, 1.82) is 0 Å². The highest BCUT2D eigenvalue weighted by Crippen LogP contribution is 2.35. The minimum absolute atomic E-state index is 0.331. The first-order valence-electron chi connectivity index (χ1n) is 7.67. The normalized spacial score (nSPS) is 20.9. The maximum Gasteiger partial charge on any atom is 0.119 e. The van der Waals surface area contributed by atoms with Crippen LogP contribution in [0, 0.1) is 5.92 Å². The molecule has 1 aliphatic rings. The van der Waals surface area contributed by atoms with Crippen molar-refractivity contribution >= 4 is 0 Å². The van der Waals surface area contributed by atoms with E-state index in [2.05, 4.69) is 37.8 Å². The van der Waals surface area contributed by atoms with Crippen LogP contribution >= 0.6 is 0 Å². The molecule has 0 saturated carbocycles. The van der Waals surface area contributed by atoms with E-state index in [-0.39, 0.29) is 5.54 Å². The fourth-order valence-corrected chi connectivity index (χ4v) is 3.38. The Bertz CT molecular complexity index is 440. The standard InChI is InChI=1S/C17H28N2O/c1-13(2)17(18,14(3)19-10-5-6-11-19)15-8-7-9-16(12-15)20-4/h7-9,12-14H,5-6,10-11,18H2,1-4H3. The first-order chi connectivity index (χ1) is 9.50. The first-order valence-corrected chi connectivity index (χ1v) is 7.67. The SMILES string of the molecule is COc1cccc(C(N)(C(C)C)C(C)N2CCCC2)c1. The van der Waals surface area contributed by atoms with Gasteiger partial charge in [0.25, 0.3) is 0 Å². The zero-order valence-electron chi connectivity index (χ0n) is 13.2. The summed E-state index contributed by atoms with van der Waals surface area (Å²) in [6.45, 7) is 9.02. The van der Waals surface area contributed by atoms with E-state index >= 15 is 0 Å². The predicted octanol–water partition coefficient (Wildman–Crippen LogP) is 2.99. The van der Waals surface area contributed by atoms with Crippen molar-refractivity contribution in [2.75, 3.05) is 20.2 Å². The molecule has 1 aliphatic heterocycles. The molecule has 1 aromatic carbocycles. The van der Waals surface area contributed by atoms with Crippen LogP contribution in [-0.2, 0) is 5.54 Å². The third-order valence-corrected chi connectivity index (χ3v) is 4.90. The molecule has 3 heteroatoms. The molecular weight excluding hydrogens is 248 g/mol. The smallest absolute Gasteiger partial charge is 0.119 e. The maximum atomic E-state index is 6.91. The molecule has 0 amide bonds. The van der Waals surface area contributed by atoms with Crippen LogP contribution in [-0.4, -0.2) is 31.1 Å². The van der Waals surface area contributed by atoms with E-state index in [4.69, 9.17) is 10.5 Å². The van der Waals surface area contributed by atoms with Crippen LogP contribution in [0.5, 0.6) is 5.75 Å². The van der Waals surface area contributed by atoms with Crippen molar-refractivity contribution in [3.8, 4) is 5.75 Å². The highest BCUT2D eigenvalue weighted by molar-refractivity contribution is 5.35. The molecule has 20 heavy (non-hydrogen) atoms. The summed E-state index contributed by atoms with van der Waals surface area (Å²) in [5.74, 6) is 1.25. The zero-order valence-corrected chi connectivity index (χ0v) is 13.2. The lowest BCUT2D eigenvalue weighted by atomic mass is 9.75. The number of benzene rings is 1. The van der Waals surface area contributed by atoms with Gasteiger partial charge in [-0.1, -0.05) is 26.0 Å². The molecule has 1 aromatic rings. The molecule has 1 fully saturated rings. The molecule has 3 nitrogen and oxygen atoms in total. The van der Waals surface area contributed by atoms with Crippen LogP contribution in [0.2, 0.25) is 0 Å². The van der Waals surface area contributed by atoms with Gasteiger partial charge in [0.2, 0.25) is 0 Å². The lowest BCUT2D eigenvalue weighted by Gasteiger charge is -2.44. The summed E-state index contributed by atoms with van der Waals surface area (Å²) in [5.41, 5.74) is 7.74. The summed E-state index contributed by atoms with van der Waals surface area (Å²) in [7, 11) is 1.70. The minimum atomic E-state index is -0.348. The van der Waals surface area contributed by atoms with Gasteiger partial charge in [-0.25, -0.2) is 0 Å². The Morgan fingerprint density at radius 2 is 1.85 bits per heavy atom. The van der Waals surface area contributed by atoms with E-state index in [0.717, 1.165) is 18.8 Å². The Hall–Kier alpha value is -1.06. The van der Waals surface area contributed by atoms with Gasteiger partial charge < -0.3 is 10.5 Å². The average molecular weight is 276 g/mol. The number of methoxy groups -OCH3 is 1. The summed E-state index contributed by atoms with van der Waals surface area (Å²) in [4.78, 5) is 2.53. The molecule has 1 heterocycles. The predicted molar refractivity (Wildman–Crippen MR) is 84.0 cm³/mol. The largest absolute Gasteiger partial charge is 0.497 e. The van der Waals surface area contributed by atoms with E-state index in [0.29, 0.717) is 12.0 Å². The molecule has 2 unspecified atom stereocenters. The van der Waals surface area contributed by atoms with Crippen molar-refractivity contribution in [2.24, 2.45) is 11.7 Å². The first kappa shape index (κ1) is 15.3. The average Bonchev–Trinajstić information content (AvgIpc) is 2.99. The van der Waals surface area contributed by atoms with Crippen LogP contribution in [0.4, 0.5) is 0 Å². The number of ether oxygens (including phenoxy) is 1. The van der Waals surface area contributed by atoms with E-state index < -0.39 is 0 Å². The lowest BCUT2D eigenvalue weighted by Crippen LogP contribution is -2.57. The molecule has 0 spiro atoms. The highest BCUT2D eigenvalue weighted by atomic mass is 16.5. The quantitative estimate of drug-likeness (QED) is 0.898. The maximum absolute atomic E-state index is 6.91. The number of likely N-dealkylation sites (tertiary alicyclic amines) is 1. The molecule has 0 bridgehead atoms. The van der Waals surface area contributed by atoms with Crippen LogP contribution in [0.15, 0.2) is 24.3 Å². The van der Waals surface area contributed by atoms with Gasteiger partial charge in [-0.15, -0.1) is 0 Å². The van der Waals surface area contributed by atoms with Crippen molar-refractivity contribution in [3.05, 3.63) is 29.8 Å². The Morgan fingerprint density at radius 3 is 2.40 bits per heavy atom. The molecular formula is C17H28N2O. The second-order valence-corrected chi connectivity index (χ2v) is 6.24. The molecule has 2 N–H and O–H groups in total. The van der Waals surface area contributed by atoms with Crippen molar-refractivity contribution in [1.82, 2.24) is 4.90 Å². The fraction of sp³-hybridized carbons (Fsp3) is 0.647. The molecule has 0 aromatic heterocycles. The second-order valence-electron chi connectivity index (χ2n) is 6.24. The van der Waals surface area contributed by atoms with E-state index in [9.17, 15) is 0 Å². The number of nitrogens with zero attached hydrogens (tertiary/aromatic N) is 1. The van der Waals surface area contributed by atoms with Gasteiger partial charge >= 0.3 is 0 Å². The van der Waals surface area contributed by atoms with Gasteiger partial charge in [0, 0.05) is 6.04 Å². The second kappa shape index (κ2) is 6.15. The Morgan fingerprint density at radius 1 is 1.20 bits per heavy atom. The number of rotatable bonds is 5. The molecule has 0 aliphatic carbocycles. The topological polar surface area (TPSA) is 38.5 Å². The number of hydrogen-bond acceptors (Lipinski definition) is 3. The van der Waals surface area contributed by atoms with Crippen LogP contribution in [0.3, 0.4) is 0 Å². The summed E-state index contributed by atoms with van der Waals surface area (Å²) in [6.07, 6.45) is 2.58. The summed E-state index contributed by atoms with van der Waals surface area (Å²) >= 11 is 0. The van der Waals surface area contributed by atoms with Gasteiger partial charge in [-0.2, -0.15) is 0 Å². The van der Waals surface area contributed by atoms with Crippen molar-refractivity contribution in [2.45, 2.75) is 45.2 Å². The third kappa shape index (κ3) is 2.70. The highest BCUT2D eigenvalue weighted by Gasteiger charge is 2.40. The van der Waals surface area contributed by atoms with E-state index in [1.807, 2.05) is 12.1 Å². The number of nitrogens with two attached hydrogens (primary N) is 1.